The van der Waals surface area contributed by atoms with Crippen molar-refractivity contribution in [3.05, 3.63) is 124 Å². The van der Waals surface area contributed by atoms with Crippen molar-refractivity contribution < 1.29 is 29.0 Å². The van der Waals surface area contributed by atoms with Crippen molar-refractivity contribution in [1.82, 2.24) is 25.2 Å². The number of nitrogens with zero attached hydrogens (tertiary/aromatic N) is 3. The number of carbonyl (C=O) groups is 2. The standard InChI is InChI=1S/C53H68N6O7Si/c1-52(2,3)65-50(62)56-38-19-21-39(22-20-38)59(51(63)64)45-31-35(17-23-40(45)37-15-10-9-11-16-37)14-12-13-29-58-34-55-43-30-36(18-26-44(43)58)32-54-33-47(66-67(7,8)53(4,5)6)41-24-27-46(60)49-42(41)25-28-48(61)57-49/h9-11,15-18,23-28,30-31,34,38-39,47,54,60H,12-14,19-22,29,32-33H2,1-8H3,(H,56,62)(H,57,61)(H,63,64)/p-1/t38?,39?,47-/m0/s1. The Labute approximate surface area is 395 Å². The van der Waals surface area contributed by atoms with E-state index in [1.54, 1.807) is 12.1 Å². The molecule has 4 N–H and O–H groups in total. The zero-order chi connectivity index (χ0) is 48.1. The van der Waals surface area contributed by atoms with Gasteiger partial charge in [0.1, 0.15) is 17.4 Å². The van der Waals surface area contributed by atoms with Crippen molar-refractivity contribution in [1.29, 1.82) is 0 Å². The van der Waals surface area contributed by atoms with E-state index in [-0.39, 0.29) is 34.5 Å². The fraction of sp³-hybridized carbons (Fsp3) is 0.434. The Hall–Kier alpha value is -5.96. The smallest absolute Gasteiger partial charge is 0.407 e. The number of phenols is 1. The van der Waals surface area contributed by atoms with E-state index in [9.17, 15) is 24.6 Å². The molecule has 2 heterocycles. The van der Waals surface area contributed by atoms with Crippen LogP contribution in [-0.4, -0.2) is 64.4 Å². The molecule has 67 heavy (non-hydrogen) atoms. The summed E-state index contributed by atoms with van der Waals surface area (Å²) in [5, 5.41) is 30.9. The number of unbranched alkanes of at least 4 members (excludes halogenated alkanes) is 1. The lowest BCUT2D eigenvalue weighted by atomic mass is 9.89. The number of hydrogen-bond acceptors (Lipinski definition) is 9. The maximum absolute atomic E-state index is 13.0. The number of benzene rings is 4. The van der Waals surface area contributed by atoms with Crippen LogP contribution in [0.2, 0.25) is 18.1 Å². The maximum atomic E-state index is 13.0. The van der Waals surface area contributed by atoms with E-state index >= 15 is 0 Å². The average molecular weight is 928 g/mol. The van der Waals surface area contributed by atoms with Gasteiger partial charge in [-0.3, -0.25) is 4.79 Å². The lowest BCUT2D eigenvalue weighted by Gasteiger charge is -2.39. The van der Waals surface area contributed by atoms with Crippen LogP contribution < -0.4 is 26.2 Å². The monoisotopic (exact) mass is 927 g/mol. The van der Waals surface area contributed by atoms with Crippen LogP contribution in [0.5, 0.6) is 5.75 Å². The zero-order valence-electron chi connectivity index (χ0n) is 40.3. The molecule has 0 spiro atoms. The predicted molar refractivity (Wildman–Crippen MR) is 267 cm³/mol. The van der Waals surface area contributed by atoms with E-state index in [0.29, 0.717) is 50.0 Å². The average Bonchev–Trinajstić information content (AvgIpc) is 3.67. The van der Waals surface area contributed by atoms with Crippen LogP contribution in [0, 0.1) is 0 Å². The molecule has 0 bridgehead atoms. The number of amides is 2. The van der Waals surface area contributed by atoms with Crippen LogP contribution in [0.15, 0.2) is 102 Å². The zero-order valence-corrected chi connectivity index (χ0v) is 41.3. The molecule has 2 amide bonds. The number of aromatic nitrogens is 3. The molecule has 6 aromatic rings. The number of rotatable bonds is 16. The molecule has 4 aromatic carbocycles. The Morgan fingerprint density at radius 3 is 2.36 bits per heavy atom. The molecule has 7 rings (SSSR count). The van der Waals surface area contributed by atoms with E-state index in [2.05, 4.69) is 78.3 Å². The minimum atomic E-state index is -2.23. The maximum Gasteiger partial charge on any atom is 0.407 e. The second kappa shape index (κ2) is 20.5. The number of hydrogen-bond donors (Lipinski definition) is 4. The van der Waals surface area contributed by atoms with Gasteiger partial charge in [-0.15, -0.1) is 0 Å². The predicted octanol–water partition coefficient (Wildman–Crippen LogP) is 10.1. The molecule has 2 aromatic heterocycles. The SMILES string of the molecule is CC(C)(C)OC(=O)NC1CCC(N(C(=O)[O-])c2cc(CCCCn3cnc4cc(CNC[C@H](O[Si](C)(C)C(C)(C)C)c5ccc(O)c6[nH]c(=O)ccc56)ccc43)ccc2-c2ccccc2)CC1. The molecule has 0 unspecified atom stereocenters. The number of carboxylic acid groups (broad SMARTS) is 1. The summed E-state index contributed by atoms with van der Waals surface area (Å²) >= 11 is 0. The van der Waals surface area contributed by atoms with Gasteiger partial charge in [0.2, 0.25) is 5.56 Å². The van der Waals surface area contributed by atoms with Crippen LogP contribution in [0.25, 0.3) is 33.1 Å². The highest BCUT2D eigenvalue weighted by atomic mass is 28.4. The van der Waals surface area contributed by atoms with Crippen LogP contribution in [0.3, 0.4) is 0 Å². The molecule has 356 valence electrons. The normalized spacial score (nSPS) is 16.2. The van der Waals surface area contributed by atoms with Crippen LogP contribution >= 0.6 is 0 Å². The summed E-state index contributed by atoms with van der Waals surface area (Å²) in [5.74, 6) is 0.0242. The Bertz CT molecular complexity index is 2730. The highest BCUT2D eigenvalue weighted by Gasteiger charge is 2.40. The fourth-order valence-corrected chi connectivity index (χ4v) is 10.1. The molecular weight excluding hydrogens is 861 g/mol. The Kier molecular flexibility index (Phi) is 15.0. The van der Waals surface area contributed by atoms with Gasteiger partial charge < -0.3 is 49.3 Å². The van der Waals surface area contributed by atoms with E-state index in [1.165, 1.54) is 11.0 Å². The number of H-pyrrole nitrogens is 1. The highest BCUT2D eigenvalue weighted by Crippen LogP contribution is 2.41. The second-order valence-electron chi connectivity index (χ2n) is 20.5. The summed E-state index contributed by atoms with van der Waals surface area (Å²) in [7, 11) is -2.23. The molecule has 14 heteroatoms. The number of aromatic hydroxyl groups is 1. The molecule has 0 aliphatic heterocycles. The van der Waals surface area contributed by atoms with Crippen molar-refractivity contribution in [3.8, 4) is 16.9 Å². The first-order valence-electron chi connectivity index (χ1n) is 23.6. The van der Waals surface area contributed by atoms with Crippen LogP contribution in [0.1, 0.15) is 103 Å². The number of phenolic OH excluding ortho intramolecular Hbond substituents is 1. The fourth-order valence-electron chi connectivity index (χ4n) is 8.83. The number of fused-ring (bicyclic) bond motifs is 2. The topological polar surface area (TPSA) is 174 Å². The van der Waals surface area contributed by atoms with Gasteiger partial charge in [0, 0.05) is 48.7 Å². The van der Waals surface area contributed by atoms with Crippen LogP contribution in [0.4, 0.5) is 15.3 Å². The molecule has 0 radical (unpaired) electrons. The third-order valence-corrected chi connectivity index (χ3v) is 17.8. The third kappa shape index (κ3) is 12.1. The second-order valence-corrected chi connectivity index (χ2v) is 25.3. The van der Waals surface area contributed by atoms with Gasteiger partial charge in [0.15, 0.2) is 8.32 Å². The van der Waals surface area contributed by atoms with E-state index in [4.69, 9.17) is 14.1 Å². The van der Waals surface area contributed by atoms with Crippen molar-refractivity contribution in [2.75, 3.05) is 11.4 Å². The first kappa shape index (κ1) is 49.0. The number of aromatic amines is 1. The third-order valence-electron chi connectivity index (χ3n) is 13.3. The molecule has 0 saturated heterocycles. The summed E-state index contributed by atoms with van der Waals surface area (Å²) in [6, 6.07) is 28.7. The summed E-state index contributed by atoms with van der Waals surface area (Å²) in [5.41, 5.74) is 6.96. The van der Waals surface area contributed by atoms with Gasteiger partial charge >= 0.3 is 6.09 Å². The Balaban J connectivity index is 0.988. The number of aryl methyl sites for hydroxylation is 2. The Morgan fingerprint density at radius 1 is 0.925 bits per heavy atom. The molecule has 1 fully saturated rings. The van der Waals surface area contributed by atoms with Gasteiger partial charge in [-0.2, -0.15) is 0 Å². The van der Waals surface area contributed by atoms with E-state index < -0.39 is 26.1 Å². The van der Waals surface area contributed by atoms with Gasteiger partial charge in [0.25, 0.3) is 0 Å². The highest BCUT2D eigenvalue weighted by molar-refractivity contribution is 6.74. The summed E-state index contributed by atoms with van der Waals surface area (Å²) in [6.07, 6.45) is 4.89. The Morgan fingerprint density at radius 2 is 1.66 bits per heavy atom. The summed E-state index contributed by atoms with van der Waals surface area (Å²) < 4.78 is 14.6. The molecular formula is C53H67N6O7Si-. The first-order chi connectivity index (χ1) is 31.8. The number of alkyl carbamates (subject to hydrolysis) is 1. The van der Waals surface area contributed by atoms with Gasteiger partial charge in [-0.25, -0.2) is 9.78 Å². The first-order valence-corrected chi connectivity index (χ1v) is 26.5. The summed E-state index contributed by atoms with van der Waals surface area (Å²) in [6.45, 7) is 18.5. The quantitative estimate of drug-likeness (QED) is 0.0544. The number of ether oxygens (including phenoxy) is 1. The number of carbonyl (C=O) groups excluding carboxylic acids is 2. The van der Waals surface area contributed by atoms with Gasteiger partial charge in [-0.05, 0) is 136 Å². The number of anilines is 1. The van der Waals surface area contributed by atoms with E-state index in [0.717, 1.165) is 70.0 Å². The summed E-state index contributed by atoms with van der Waals surface area (Å²) in [4.78, 5) is 46.6. The largest absolute Gasteiger partial charge is 0.530 e. The van der Waals surface area contributed by atoms with Gasteiger partial charge in [-0.1, -0.05) is 75.4 Å². The molecule has 13 nitrogen and oxygen atoms in total. The minimum absolute atomic E-state index is 0.0242. The minimum Gasteiger partial charge on any atom is -0.530 e. The van der Waals surface area contributed by atoms with Gasteiger partial charge in [0.05, 0.1) is 34.7 Å². The van der Waals surface area contributed by atoms with Crippen molar-refractivity contribution in [3.63, 3.8) is 0 Å². The molecule has 1 aliphatic carbocycles. The van der Waals surface area contributed by atoms with Crippen LogP contribution in [-0.2, 0) is 28.7 Å². The number of imidazole rings is 1. The number of nitrogens with one attached hydrogen (secondary N) is 3. The molecule has 1 atom stereocenters. The molecule has 1 aliphatic rings. The van der Waals surface area contributed by atoms with Crippen molar-refractivity contribution in [2.45, 2.75) is 141 Å². The molecule has 1 saturated carbocycles. The van der Waals surface area contributed by atoms with Crippen molar-refractivity contribution in [2.24, 2.45) is 0 Å². The number of pyridine rings is 1. The lowest BCUT2D eigenvalue weighted by Crippen LogP contribution is -2.51. The van der Waals surface area contributed by atoms with E-state index in [1.807, 2.05) is 75.6 Å². The van der Waals surface area contributed by atoms with Crippen molar-refractivity contribution >= 4 is 48.1 Å². The lowest BCUT2D eigenvalue weighted by molar-refractivity contribution is -0.247.